The highest BCUT2D eigenvalue weighted by atomic mass is 16.6. The Morgan fingerprint density at radius 1 is 0.580 bits per heavy atom. The van der Waals surface area contributed by atoms with Gasteiger partial charge in [-0.2, -0.15) is 0 Å². The van der Waals surface area contributed by atoms with E-state index in [-0.39, 0.29) is 25.2 Å². The number of methoxy groups -OCH3 is 1. The van der Waals surface area contributed by atoms with Crippen LogP contribution in [0.1, 0.15) is 103 Å². The second-order valence-electron chi connectivity index (χ2n) is 22.3. The molecule has 0 spiro atoms. The lowest BCUT2D eigenvalue weighted by atomic mass is 9.77. The van der Waals surface area contributed by atoms with Crippen LogP contribution in [0.4, 0.5) is 9.59 Å². The summed E-state index contributed by atoms with van der Waals surface area (Å²) >= 11 is 0. The Kier molecular flexibility index (Phi) is 20.4. The van der Waals surface area contributed by atoms with Gasteiger partial charge in [-0.05, 0) is 89.1 Å². The molecule has 0 bridgehead atoms. The molecule has 430 valence electrons. The molecule has 20 nitrogen and oxygen atoms in total. The molecule has 4 aromatic carbocycles. The third-order valence-electron chi connectivity index (χ3n) is 13.0. The standard InChI is InChI=1S/C61H75N9O11/c1-38(2)31-46(64-54(74)48(33-44-35-62-37-69(44)10)67-57(77)80-59(4,5)6)53(73)66-49(34-51(71)68-61(41-23-15-12-16-24-41,42-25-17-13-18-26-42)43-27-19-14-20-28-43)55(75)65-47(52(72)63-39(3)56(76)79-11)32-40-36-70(58(78)81-60(7,8)9)50-30-22-21-29-45(40)50/h12-30,35-39,46-49H,31-34H2,1-11H3,(H,63,72)(H,64,74)(H,65,75)(H,66,73)(H,67,77)(H,68,71)/t39-,46-,47-,48-,49-/m0/s1. The van der Waals surface area contributed by atoms with Crippen molar-refractivity contribution in [1.82, 2.24) is 46.0 Å². The highest BCUT2D eigenvalue weighted by Crippen LogP contribution is 2.37. The number of esters is 1. The fourth-order valence-electron chi connectivity index (χ4n) is 9.26. The van der Waals surface area contributed by atoms with Gasteiger partial charge in [-0.1, -0.05) is 123 Å². The molecule has 0 aliphatic rings. The van der Waals surface area contributed by atoms with Crippen molar-refractivity contribution in [2.75, 3.05) is 7.11 Å². The Labute approximate surface area is 472 Å². The van der Waals surface area contributed by atoms with Crippen molar-refractivity contribution >= 4 is 58.6 Å². The molecule has 6 rings (SSSR count). The first-order valence-corrected chi connectivity index (χ1v) is 26.8. The van der Waals surface area contributed by atoms with Crippen LogP contribution in [0.25, 0.3) is 10.9 Å². The smallest absolute Gasteiger partial charge is 0.419 e. The molecule has 0 unspecified atom stereocenters. The van der Waals surface area contributed by atoms with Crippen molar-refractivity contribution in [1.29, 1.82) is 0 Å². The minimum Gasteiger partial charge on any atom is -0.467 e. The number of aromatic nitrogens is 3. The quantitative estimate of drug-likeness (QED) is 0.0242. The van der Waals surface area contributed by atoms with Crippen molar-refractivity contribution in [3.05, 3.63) is 162 Å². The Balaban J connectivity index is 1.43. The van der Waals surface area contributed by atoms with Gasteiger partial charge in [0.1, 0.15) is 47.0 Å². The van der Waals surface area contributed by atoms with E-state index in [4.69, 9.17) is 14.2 Å². The largest absolute Gasteiger partial charge is 0.467 e. The Bertz CT molecular complexity index is 3070. The highest BCUT2D eigenvalue weighted by Gasteiger charge is 2.40. The van der Waals surface area contributed by atoms with Gasteiger partial charge in [0, 0.05) is 43.4 Å². The van der Waals surface area contributed by atoms with Crippen molar-refractivity contribution in [3.8, 4) is 0 Å². The van der Waals surface area contributed by atoms with E-state index >= 15 is 9.59 Å². The van der Waals surface area contributed by atoms with Crippen molar-refractivity contribution in [3.63, 3.8) is 0 Å². The molecule has 6 aromatic rings. The molecule has 5 atom stereocenters. The van der Waals surface area contributed by atoms with E-state index in [9.17, 15) is 28.8 Å². The molecule has 0 aliphatic carbocycles. The summed E-state index contributed by atoms with van der Waals surface area (Å²) in [6.45, 7) is 15.2. The number of hydrogen-bond donors (Lipinski definition) is 6. The summed E-state index contributed by atoms with van der Waals surface area (Å²) in [5, 5.41) is 17.3. The number of ether oxygens (including phenoxy) is 3. The van der Waals surface area contributed by atoms with Crippen LogP contribution in [-0.2, 0) is 68.4 Å². The SMILES string of the molecule is COC(=O)[C@H](C)NC(=O)[C@H](Cc1cn(C(=O)OC(C)(C)C)c2ccccc12)NC(=O)[C@H](CC(=O)NC(c1ccccc1)(c1ccccc1)c1ccccc1)NC(=O)[C@H](CC(C)C)NC(=O)[C@H](Cc1cncn1C)NC(=O)OC(C)(C)C. The number of rotatable bonds is 22. The van der Waals surface area contributed by atoms with Crippen LogP contribution in [0.15, 0.2) is 134 Å². The number of aryl methyl sites for hydroxylation is 1. The van der Waals surface area contributed by atoms with Gasteiger partial charge in [0.25, 0.3) is 0 Å². The number of alkyl carbamates (subject to hydrolysis) is 1. The molecule has 2 heterocycles. The van der Waals surface area contributed by atoms with Gasteiger partial charge >= 0.3 is 18.2 Å². The number of nitrogens with one attached hydrogen (secondary N) is 6. The predicted molar refractivity (Wildman–Crippen MR) is 304 cm³/mol. The van der Waals surface area contributed by atoms with E-state index in [1.807, 2.05) is 105 Å². The maximum absolute atomic E-state index is 15.3. The number of para-hydroxylation sites is 1. The normalized spacial score (nSPS) is 13.6. The van der Waals surface area contributed by atoms with Crippen LogP contribution in [0.2, 0.25) is 0 Å². The number of amides is 6. The van der Waals surface area contributed by atoms with Gasteiger partial charge in [0.2, 0.25) is 29.5 Å². The van der Waals surface area contributed by atoms with E-state index < -0.39 is 101 Å². The molecule has 2 aromatic heterocycles. The molecule has 6 N–H and O–H groups in total. The fraction of sp³-hybridized carbons (Fsp3) is 0.393. The first kappa shape index (κ1) is 61.4. The Morgan fingerprint density at radius 3 is 1.58 bits per heavy atom. The van der Waals surface area contributed by atoms with Crippen LogP contribution >= 0.6 is 0 Å². The third kappa shape index (κ3) is 16.6. The number of carbonyl (C=O) groups is 8. The Hall–Kier alpha value is -8.81. The summed E-state index contributed by atoms with van der Waals surface area (Å²) in [5.41, 5.74) is 0.296. The monoisotopic (exact) mass is 1110 g/mol. The van der Waals surface area contributed by atoms with Crippen molar-refractivity contribution < 1.29 is 52.6 Å². The zero-order valence-electron chi connectivity index (χ0n) is 47.8. The lowest BCUT2D eigenvalue weighted by Gasteiger charge is -2.37. The zero-order valence-corrected chi connectivity index (χ0v) is 47.8. The number of nitrogens with zero attached hydrogens (tertiary/aromatic N) is 3. The number of hydrogen-bond acceptors (Lipinski definition) is 12. The molecule has 6 amide bonds. The molecule has 81 heavy (non-hydrogen) atoms. The molecule has 0 fully saturated rings. The van der Waals surface area contributed by atoms with Crippen molar-refractivity contribution in [2.45, 2.75) is 135 Å². The molecule has 0 saturated carbocycles. The fourth-order valence-corrected chi connectivity index (χ4v) is 9.26. The van der Waals surface area contributed by atoms with Crippen LogP contribution in [0.5, 0.6) is 0 Å². The maximum atomic E-state index is 15.3. The average molecular weight is 1110 g/mol. The van der Waals surface area contributed by atoms with E-state index in [1.54, 1.807) is 77.4 Å². The summed E-state index contributed by atoms with van der Waals surface area (Å²) in [5.74, 6) is -5.21. The molecule has 0 aliphatic heterocycles. The molecular formula is C61H75N9O11. The number of benzene rings is 4. The van der Waals surface area contributed by atoms with Gasteiger partial charge in [-0.25, -0.2) is 19.4 Å². The summed E-state index contributed by atoms with van der Waals surface area (Å²) in [7, 11) is 2.88. The van der Waals surface area contributed by atoms with Gasteiger partial charge < -0.3 is 50.7 Å². The summed E-state index contributed by atoms with van der Waals surface area (Å²) in [4.78, 5) is 118. The number of carbonyl (C=O) groups excluding carboxylic acids is 8. The molecule has 0 saturated heterocycles. The second-order valence-corrected chi connectivity index (χ2v) is 22.3. The van der Waals surface area contributed by atoms with E-state index in [0.717, 1.165) is 7.11 Å². The zero-order chi connectivity index (χ0) is 59.2. The molecular weight excluding hydrogens is 1030 g/mol. The molecule has 0 radical (unpaired) electrons. The lowest BCUT2D eigenvalue weighted by Crippen LogP contribution is -2.60. The maximum Gasteiger partial charge on any atom is 0.419 e. The summed E-state index contributed by atoms with van der Waals surface area (Å²) < 4.78 is 19.1. The average Bonchev–Trinajstić information content (AvgIpc) is 4.01. The minimum atomic E-state index is -1.76. The van der Waals surface area contributed by atoms with Gasteiger partial charge in [0.15, 0.2) is 0 Å². The Morgan fingerprint density at radius 2 is 1.06 bits per heavy atom. The number of imidazole rings is 1. The first-order valence-electron chi connectivity index (χ1n) is 26.8. The van der Waals surface area contributed by atoms with Crippen LogP contribution < -0.4 is 31.9 Å². The van der Waals surface area contributed by atoms with E-state index in [1.165, 1.54) is 30.2 Å². The predicted octanol–water partition coefficient (Wildman–Crippen LogP) is 6.51. The summed E-state index contributed by atoms with van der Waals surface area (Å²) in [6, 6.07) is 27.5. The minimum absolute atomic E-state index is 0.0280. The number of fused-ring (bicyclic) bond motifs is 1. The van der Waals surface area contributed by atoms with Gasteiger partial charge in [0.05, 0.1) is 25.4 Å². The molecule has 20 heteroatoms. The van der Waals surface area contributed by atoms with Crippen LogP contribution in [-0.4, -0.2) is 110 Å². The highest BCUT2D eigenvalue weighted by molar-refractivity contribution is 5.99. The van der Waals surface area contributed by atoms with E-state index in [0.29, 0.717) is 38.9 Å². The van der Waals surface area contributed by atoms with Crippen LogP contribution in [0, 0.1) is 5.92 Å². The summed E-state index contributed by atoms with van der Waals surface area (Å²) in [6.07, 6.45) is 1.96. The van der Waals surface area contributed by atoms with Gasteiger partial charge in [-0.3, -0.25) is 28.5 Å². The second kappa shape index (κ2) is 26.9. The first-order chi connectivity index (χ1) is 38.3. The topological polar surface area (TPSA) is 259 Å². The van der Waals surface area contributed by atoms with E-state index in [2.05, 4.69) is 36.9 Å². The third-order valence-corrected chi connectivity index (χ3v) is 13.0. The lowest BCUT2D eigenvalue weighted by molar-refractivity contribution is -0.145. The van der Waals surface area contributed by atoms with Gasteiger partial charge in [-0.15, -0.1) is 0 Å². The van der Waals surface area contributed by atoms with Crippen molar-refractivity contribution in [2.24, 2.45) is 13.0 Å². The van der Waals surface area contributed by atoms with Crippen LogP contribution in [0.3, 0.4) is 0 Å².